The van der Waals surface area contributed by atoms with Crippen LogP contribution in [0.2, 0.25) is 0 Å². The monoisotopic (exact) mass is 406 g/mol. The summed E-state index contributed by atoms with van der Waals surface area (Å²) in [4.78, 5) is 35.0. The molecule has 0 saturated carbocycles. The minimum Gasteiger partial charge on any atom is -0.322 e. The highest BCUT2D eigenvalue weighted by Gasteiger charge is 2.28. The van der Waals surface area contributed by atoms with Crippen molar-refractivity contribution in [1.82, 2.24) is 14.9 Å². The largest absolute Gasteiger partial charge is 0.322 e. The molecule has 1 saturated heterocycles. The number of carbonyl (C=O) groups is 2. The Kier molecular flexibility index (Phi) is 4.89. The van der Waals surface area contributed by atoms with Crippen molar-refractivity contribution in [1.29, 1.82) is 0 Å². The molecule has 6 nitrogen and oxygen atoms in total. The van der Waals surface area contributed by atoms with Gasteiger partial charge in [-0.05, 0) is 42.0 Å². The van der Waals surface area contributed by atoms with Crippen molar-refractivity contribution in [3.63, 3.8) is 0 Å². The van der Waals surface area contributed by atoms with Crippen LogP contribution >= 0.6 is 24.0 Å². The third-order valence-electron chi connectivity index (χ3n) is 4.18. The predicted octanol–water partition coefficient (Wildman–Crippen LogP) is 3.71. The van der Waals surface area contributed by atoms with Crippen molar-refractivity contribution < 1.29 is 9.59 Å². The number of likely N-dealkylation sites (N-methyl/N-ethyl adjacent to an activating group) is 1. The number of anilines is 1. The first-order valence-corrected chi connectivity index (χ1v) is 9.57. The van der Waals surface area contributed by atoms with Crippen LogP contribution in [0, 0.1) is 0 Å². The van der Waals surface area contributed by atoms with Crippen LogP contribution in [-0.2, 0) is 4.79 Å². The number of thioether (sulfide) groups is 1. The standard InChI is InChI=1S/C20H14N4O2S2/c1-24-19(26)17(28-20(24)27)10-12-2-4-13(5-3-12)18(25)23-14-6-7-15-16(11-14)22-9-8-21-15/h2-11H,1H3,(H,23,25)/b17-10-. The number of amides is 2. The van der Waals surface area contributed by atoms with Gasteiger partial charge in [0.1, 0.15) is 4.32 Å². The van der Waals surface area contributed by atoms with E-state index < -0.39 is 0 Å². The Balaban J connectivity index is 1.49. The quantitative estimate of drug-likeness (QED) is 0.528. The summed E-state index contributed by atoms with van der Waals surface area (Å²) in [7, 11) is 1.66. The van der Waals surface area contributed by atoms with E-state index in [0.29, 0.717) is 26.0 Å². The maximum atomic E-state index is 12.5. The molecule has 0 radical (unpaired) electrons. The molecule has 4 rings (SSSR count). The summed E-state index contributed by atoms with van der Waals surface area (Å²) in [5.74, 6) is -0.342. The molecule has 1 aromatic heterocycles. The molecule has 3 aromatic rings. The second-order valence-electron chi connectivity index (χ2n) is 6.08. The minimum absolute atomic E-state index is 0.115. The fourth-order valence-electron chi connectivity index (χ4n) is 2.67. The highest BCUT2D eigenvalue weighted by molar-refractivity contribution is 8.26. The van der Waals surface area contributed by atoms with Gasteiger partial charge in [-0.25, -0.2) is 0 Å². The number of rotatable bonds is 3. The molecule has 1 aliphatic heterocycles. The summed E-state index contributed by atoms with van der Waals surface area (Å²) in [6, 6.07) is 12.4. The highest BCUT2D eigenvalue weighted by Crippen LogP contribution is 2.31. The molecule has 28 heavy (non-hydrogen) atoms. The maximum absolute atomic E-state index is 12.5. The Labute approximate surface area is 170 Å². The molecule has 138 valence electrons. The Morgan fingerprint density at radius 1 is 1.11 bits per heavy atom. The van der Waals surface area contributed by atoms with Crippen LogP contribution in [0.15, 0.2) is 59.8 Å². The van der Waals surface area contributed by atoms with Gasteiger partial charge in [-0.1, -0.05) is 36.1 Å². The van der Waals surface area contributed by atoms with Gasteiger partial charge < -0.3 is 5.32 Å². The van der Waals surface area contributed by atoms with E-state index >= 15 is 0 Å². The molecule has 0 spiro atoms. The molecular weight excluding hydrogens is 392 g/mol. The molecular formula is C20H14N4O2S2. The van der Waals surface area contributed by atoms with Gasteiger partial charge in [-0.15, -0.1) is 0 Å². The molecule has 1 aliphatic rings. The van der Waals surface area contributed by atoms with Crippen LogP contribution in [-0.4, -0.2) is 38.1 Å². The molecule has 8 heteroatoms. The molecule has 2 amide bonds. The molecule has 0 unspecified atom stereocenters. The molecule has 2 heterocycles. The van der Waals surface area contributed by atoms with Gasteiger partial charge in [0.05, 0.1) is 15.9 Å². The zero-order chi connectivity index (χ0) is 19.7. The second-order valence-corrected chi connectivity index (χ2v) is 7.75. The fourth-order valence-corrected chi connectivity index (χ4v) is 3.85. The Morgan fingerprint density at radius 3 is 2.50 bits per heavy atom. The summed E-state index contributed by atoms with van der Waals surface area (Å²) in [6.07, 6.45) is 5.01. The van der Waals surface area contributed by atoms with Crippen LogP contribution in [0.25, 0.3) is 17.1 Å². The lowest BCUT2D eigenvalue weighted by Gasteiger charge is -2.06. The van der Waals surface area contributed by atoms with E-state index in [4.69, 9.17) is 12.2 Å². The number of nitrogens with one attached hydrogen (secondary N) is 1. The van der Waals surface area contributed by atoms with Crippen molar-refractivity contribution in [2.75, 3.05) is 12.4 Å². The molecule has 1 fully saturated rings. The van der Waals surface area contributed by atoms with Crippen LogP contribution in [0.5, 0.6) is 0 Å². The predicted molar refractivity (Wildman–Crippen MR) is 115 cm³/mol. The summed E-state index contributed by atoms with van der Waals surface area (Å²) >= 11 is 6.39. The van der Waals surface area contributed by atoms with Crippen molar-refractivity contribution in [2.45, 2.75) is 0 Å². The molecule has 0 atom stereocenters. The molecule has 0 bridgehead atoms. The van der Waals surface area contributed by atoms with E-state index in [1.807, 2.05) is 6.07 Å². The lowest BCUT2D eigenvalue weighted by molar-refractivity contribution is -0.121. The highest BCUT2D eigenvalue weighted by atomic mass is 32.2. The van der Waals surface area contributed by atoms with Crippen molar-refractivity contribution >= 4 is 62.9 Å². The average molecular weight is 406 g/mol. The minimum atomic E-state index is -0.227. The average Bonchev–Trinajstić information content (AvgIpc) is 2.95. The molecule has 0 aliphatic carbocycles. The molecule has 2 aromatic carbocycles. The van der Waals surface area contributed by atoms with Gasteiger partial charge in [-0.2, -0.15) is 0 Å². The van der Waals surface area contributed by atoms with Crippen LogP contribution < -0.4 is 5.32 Å². The third-order valence-corrected chi connectivity index (χ3v) is 5.67. The Hall–Kier alpha value is -3.10. The number of hydrogen-bond acceptors (Lipinski definition) is 6. The zero-order valence-corrected chi connectivity index (χ0v) is 16.4. The fraction of sp³-hybridized carbons (Fsp3) is 0.0500. The number of nitrogens with zero attached hydrogens (tertiary/aromatic N) is 3. The van der Waals surface area contributed by atoms with Gasteiger partial charge in [0.15, 0.2) is 0 Å². The van der Waals surface area contributed by atoms with E-state index in [9.17, 15) is 9.59 Å². The molecule has 1 N–H and O–H groups in total. The SMILES string of the molecule is CN1C(=O)/C(=C/c2ccc(C(=O)Nc3ccc4nccnc4c3)cc2)SC1=S. The number of aromatic nitrogens is 2. The first-order chi connectivity index (χ1) is 13.5. The summed E-state index contributed by atoms with van der Waals surface area (Å²) in [6.45, 7) is 0. The topological polar surface area (TPSA) is 75.2 Å². The number of hydrogen-bond donors (Lipinski definition) is 1. The first-order valence-electron chi connectivity index (χ1n) is 8.35. The lowest BCUT2D eigenvalue weighted by Crippen LogP contribution is -2.22. The second kappa shape index (κ2) is 7.49. The van der Waals surface area contributed by atoms with E-state index in [0.717, 1.165) is 11.1 Å². The lowest BCUT2D eigenvalue weighted by atomic mass is 10.1. The van der Waals surface area contributed by atoms with Gasteiger partial charge in [0.2, 0.25) is 0 Å². The van der Waals surface area contributed by atoms with Crippen molar-refractivity contribution in [2.24, 2.45) is 0 Å². The summed E-state index contributed by atoms with van der Waals surface area (Å²) < 4.78 is 0.535. The van der Waals surface area contributed by atoms with Gasteiger partial charge in [0, 0.05) is 30.7 Å². The summed E-state index contributed by atoms with van der Waals surface area (Å²) in [5, 5.41) is 2.86. The van der Waals surface area contributed by atoms with Crippen LogP contribution in [0.4, 0.5) is 5.69 Å². The van der Waals surface area contributed by atoms with Gasteiger partial charge in [0.25, 0.3) is 11.8 Å². The van der Waals surface area contributed by atoms with Gasteiger partial charge in [-0.3, -0.25) is 24.5 Å². The number of fused-ring (bicyclic) bond motifs is 1. The maximum Gasteiger partial charge on any atom is 0.265 e. The normalized spacial score (nSPS) is 15.5. The van der Waals surface area contributed by atoms with E-state index in [2.05, 4.69) is 15.3 Å². The smallest absolute Gasteiger partial charge is 0.265 e. The zero-order valence-electron chi connectivity index (χ0n) is 14.7. The van der Waals surface area contributed by atoms with E-state index in [1.54, 1.807) is 61.9 Å². The number of benzene rings is 2. The van der Waals surface area contributed by atoms with E-state index in [1.165, 1.54) is 16.7 Å². The van der Waals surface area contributed by atoms with Crippen LogP contribution in [0.1, 0.15) is 15.9 Å². The number of carbonyl (C=O) groups excluding carboxylic acids is 2. The third kappa shape index (κ3) is 3.64. The Morgan fingerprint density at radius 2 is 1.82 bits per heavy atom. The van der Waals surface area contributed by atoms with Crippen molar-refractivity contribution in [3.8, 4) is 0 Å². The summed E-state index contributed by atoms with van der Waals surface area (Å²) in [5.41, 5.74) is 3.46. The first kappa shape index (κ1) is 18.3. The number of thiocarbonyl (C=S) groups is 1. The van der Waals surface area contributed by atoms with Crippen molar-refractivity contribution in [3.05, 3.63) is 70.9 Å². The van der Waals surface area contributed by atoms with Crippen LogP contribution in [0.3, 0.4) is 0 Å². The van der Waals surface area contributed by atoms with E-state index in [-0.39, 0.29) is 11.8 Å². The van der Waals surface area contributed by atoms with Gasteiger partial charge >= 0.3 is 0 Å². The Bertz CT molecular complexity index is 1140.